The summed E-state index contributed by atoms with van der Waals surface area (Å²) in [6.45, 7) is 5.71. The molecule has 0 saturated carbocycles. The number of benzene rings is 1. The van der Waals surface area contributed by atoms with E-state index in [2.05, 4.69) is 17.3 Å². The zero-order valence-corrected chi connectivity index (χ0v) is 18.9. The second-order valence-corrected chi connectivity index (χ2v) is 8.77. The normalized spacial score (nSPS) is 15.6. The molecular weight excluding hydrogens is 421 g/mol. The smallest absolute Gasteiger partial charge is 0.253 e. The van der Waals surface area contributed by atoms with Crippen LogP contribution in [0.5, 0.6) is 0 Å². The molecule has 1 aliphatic rings. The molecule has 0 radical (unpaired) electrons. The quantitative estimate of drug-likeness (QED) is 0.669. The third kappa shape index (κ3) is 6.64. The highest BCUT2D eigenvalue weighted by Gasteiger charge is 2.25. The molecule has 2 aromatic rings. The molecule has 0 spiro atoms. The van der Waals surface area contributed by atoms with Gasteiger partial charge in [0.2, 0.25) is 0 Å². The van der Waals surface area contributed by atoms with Crippen molar-refractivity contribution in [2.45, 2.75) is 43.4 Å². The van der Waals surface area contributed by atoms with Crippen molar-refractivity contribution in [3.05, 3.63) is 45.9 Å². The summed E-state index contributed by atoms with van der Waals surface area (Å²) < 4.78 is 0. The van der Waals surface area contributed by atoms with E-state index in [9.17, 15) is 4.79 Å². The molecule has 150 valence electrons. The standard InChI is InChI=1S/C19H25N3OS2.2ClH/c1-13(20)15-7-9-22(10-8-15)19(23)16-3-5-18(6-4-16)25-12-17-11-24-14(2)21-17;;/h3-6,11,13,15H,7-10,12,20H2,1-2H3;2*1H. The maximum Gasteiger partial charge on any atom is 0.253 e. The maximum absolute atomic E-state index is 12.6. The van der Waals surface area contributed by atoms with Crippen molar-refractivity contribution in [3.8, 4) is 0 Å². The summed E-state index contributed by atoms with van der Waals surface area (Å²) in [5, 5.41) is 3.20. The number of nitrogens with two attached hydrogens (primary N) is 1. The van der Waals surface area contributed by atoms with Crippen LogP contribution in [-0.4, -0.2) is 34.9 Å². The number of hydrogen-bond donors (Lipinski definition) is 1. The van der Waals surface area contributed by atoms with E-state index in [0.29, 0.717) is 5.92 Å². The van der Waals surface area contributed by atoms with E-state index in [-0.39, 0.29) is 36.8 Å². The van der Waals surface area contributed by atoms with E-state index < -0.39 is 0 Å². The van der Waals surface area contributed by atoms with Crippen LogP contribution in [0, 0.1) is 12.8 Å². The molecule has 0 aliphatic carbocycles. The molecule has 1 aromatic heterocycles. The number of carbonyl (C=O) groups excluding carboxylic acids is 1. The number of thioether (sulfide) groups is 1. The zero-order chi connectivity index (χ0) is 17.8. The SMILES string of the molecule is Cc1nc(CSc2ccc(C(=O)N3CCC(C(C)N)CC3)cc2)cs1.Cl.Cl. The Morgan fingerprint density at radius 2 is 1.93 bits per heavy atom. The Kier molecular flexibility index (Phi) is 10.1. The first-order valence-corrected chi connectivity index (χ1v) is 10.6. The van der Waals surface area contributed by atoms with E-state index in [4.69, 9.17) is 5.73 Å². The van der Waals surface area contributed by atoms with Crippen LogP contribution in [0.4, 0.5) is 0 Å². The zero-order valence-electron chi connectivity index (χ0n) is 15.6. The molecule has 8 heteroatoms. The van der Waals surface area contributed by atoms with Crippen LogP contribution in [0.15, 0.2) is 34.5 Å². The van der Waals surface area contributed by atoms with Crippen molar-refractivity contribution in [1.29, 1.82) is 0 Å². The Balaban J connectivity index is 0.00000182. The van der Waals surface area contributed by atoms with Crippen molar-refractivity contribution < 1.29 is 4.79 Å². The predicted molar refractivity (Wildman–Crippen MR) is 120 cm³/mol. The first kappa shape index (κ1) is 24.2. The van der Waals surface area contributed by atoms with Crippen LogP contribution in [-0.2, 0) is 5.75 Å². The van der Waals surface area contributed by atoms with Crippen LogP contribution in [0.3, 0.4) is 0 Å². The van der Waals surface area contributed by atoms with E-state index in [0.717, 1.165) is 52.8 Å². The maximum atomic E-state index is 12.6. The average Bonchev–Trinajstić information content (AvgIpc) is 3.05. The molecule has 1 saturated heterocycles. The van der Waals surface area contributed by atoms with Gasteiger partial charge in [-0.1, -0.05) is 0 Å². The topological polar surface area (TPSA) is 59.2 Å². The minimum absolute atomic E-state index is 0. The molecule has 1 unspecified atom stereocenters. The minimum atomic E-state index is 0. The predicted octanol–water partition coefficient (Wildman–Crippen LogP) is 4.79. The number of piperidine rings is 1. The van der Waals surface area contributed by atoms with Gasteiger partial charge in [-0.05, 0) is 56.9 Å². The molecule has 4 nitrogen and oxygen atoms in total. The van der Waals surface area contributed by atoms with Crippen molar-refractivity contribution in [2.75, 3.05) is 13.1 Å². The largest absolute Gasteiger partial charge is 0.339 e. The second-order valence-electron chi connectivity index (χ2n) is 6.66. The molecule has 1 fully saturated rings. The van der Waals surface area contributed by atoms with E-state index in [1.54, 1.807) is 23.1 Å². The van der Waals surface area contributed by atoms with E-state index >= 15 is 0 Å². The summed E-state index contributed by atoms with van der Waals surface area (Å²) in [7, 11) is 0. The lowest BCUT2D eigenvalue weighted by Crippen LogP contribution is -2.42. The molecule has 1 amide bonds. The highest BCUT2D eigenvalue weighted by Crippen LogP contribution is 2.25. The molecule has 1 atom stereocenters. The Morgan fingerprint density at radius 1 is 1.30 bits per heavy atom. The summed E-state index contributed by atoms with van der Waals surface area (Å²) in [5.74, 6) is 1.54. The lowest BCUT2D eigenvalue weighted by atomic mass is 9.90. The highest BCUT2D eigenvalue weighted by molar-refractivity contribution is 7.98. The van der Waals surface area contributed by atoms with Gasteiger partial charge < -0.3 is 10.6 Å². The number of thiazole rings is 1. The Hall–Kier alpha value is -0.790. The number of aryl methyl sites for hydroxylation is 1. The molecule has 2 heterocycles. The summed E-state index contributed by atoms with van der Waals surface area (Å²) >= 11 is 3.43. The molecule has 3 rings (SSSR count). The van der Waals surface area contributed by atoms with Gasteiger partial charge in [0.25, 0.3) is 5.91 Å². The Bertz CT molecular complexity index is 714. The average molecular weight is 448 g/mol. The van der Waals surface area contributed by atoms with Crippen molar-refractivity contribution in [3.63, 3.8) is 0 Å². The van der Waals surface area contributed by atoms with E-state index in [1.165, 1.54) is 0 Å². The number of halogens is 2. The first-order chi connectivity index (χ1) is 12.0. The van der Waals surface area contributed by atoms with Gasteiger partial charge in [-0.3, -0.25) is 4.79 Å². The van der Waals surface area contributed by atoms with Gasteiger partial charge >= 0.3 is 0 Å². The number of aromatic nitrogens is 1. The molecule has 1 aromatic carbocycles. The van der Waals surface area contributed by atoms with Crippen LogP contribution in [0.1, 0.15) is 40.8 Å². The van der Waals surface area contributed by atoms with Crippen molar-refractivity contribution in [2.24, 2.45) is 11.7 Å². The van der Waals surface area contributed by atoms with Crippen molar-refractivity contribution in [1.82, 2.24) is 9.88 Å². The summed E-state index contributed by atoms with van der Waals surface area (Å²) in [6, 6.07) is 8.16. The first-order valence-electron chi connectivity index (χ1n) is 8.71. The fourth-order valence-electron chi connectivity index (χ4n) is 3.14. The number of amides is 1. The lowest BCUT2D eigenvalue weighted by Gasteiger charge is -2.33. The Labute approximate surface area is 182 Å². The van der Waals surface area contributed by atoms with Crippen LogP contribution >= 0.6 is 47.9 Å². The van der Waals surface area contributed by atoms with Gasteiger partial charge in [0.15, 0.2) is 0 Å². The molecule has 1 aliphatic heterocycles. The third-order valence-corrected chi connectivity index (χ3v) is 6.59. The van der Waals surface area contributed by atoms with Gasteiger partial charge in [-0.15, -0.1) is 47.9 Å². The fraction of sp³-hybridized carbons (Fsp3) is 0.474. The monoisotopic (exact) mass is 447 g/mol. The van der Waals surface area contributed by atoms with Gasteiger partial charge in [-0.25, -0.2) is 4.98 Å². The highest BCUT2D eigenvalue weighted by atomic mass is 35.5. The summed E-state index contributed by atoms with van der Waals surface area (Å²) in [5.41, 5.74) is 7.87. The molecule has 2 N–H and O–H groups in total. The van der Waals surface area contributed by atoms with Gasteiger partial charge in [0.1, 0.15) is 0 Å². The summed E-state index contributed by atoms with van der Waals surface area (Å²) in [6.07, 6.45) is 2.01. The number of likely N-dealkylation sites (tertiary alicyclic amines) is 1. The fourth-order valence-corrected chi connectivity index (χ4v) is 4.65. The second kappa shape index (κ2) is 11.3. The Morgan fingerprint density at radius 3 is 2.44 bits per heavy atom. The lowest BCUT2D eigenvalue weighted by molar-refractivity contribution is 0.0681. The van der Waals surface area contributed by atoms with Crippen LogP contribution < -0.4 is 5.73 Å². The van der Waals surface area contributed by atoms with Gasteiger partial charge in [-0.2, -0.15) is 0 Å². The molecular formula is C19H27Cl2N3OS2. The number of nitrogens with zero attached hydrogens (tertiary/aromatic N) is 2. The van der Waals surface area contributed by atoms with Crippen molar-refractivity contribution >= 4 is 53.8 Å². The molecule has 0 bridgehead atoms. The van der Waals surface area contributed by atoms with E-state index in [1.807, 2.05) is 36.1 Å². The number of hydrogen-bond acceptors (Lipinski definition) is 5. The number of rotatable bonds is 5. The van der Waals surface area contributed by atoms with Crippen LogP contribution in [0.2, 0.25) is 0 Å². The molecule has 27 heavy (non-hydrogen) atoms. The van der Waals surface area contributed by atoms with Crippen LogP contribution in [0.25, 0.3) is 0 Å². The third-order valence-electron chi connectivity index (χ3n) is 4.72. The van der Waals surface area contributed by atoms with Gasteiger partial charge in [0, 0.05) is 40.7 Å². The summed E-state index contributed by atoms with van der Waals surface area (Å²) in [4.78, 5) is 20.3. The number of carbonyl (C=O) groups is 1. The van der Waals surface area contributed by atoms with Gasteiger partial charge in [0.05, 0.1) is 10.7 Å². The minimum Gasteiger partial charge on any atom is -0.339 e.